The Balaban J connectivity index is 1.59. The lowest BCUT2D eigenvalue weighted by molar-refractivity contribution is -0.144. The molecule has 0 aliphatic carbocycles. The number of H-pyrrole nitrogens is 1. The average molecular weight is 383 g/mol. The van der Waals surface area contributed by atoms with E-state index >= 15 is 0 Å². The Morgan fingerprint density at radius 2 is 1.70 bits per heavy atom. The summed E-state index contributed by atoms with van der Waals surface area (Å²) >= 11 is 0. The van der Waals surface area contributed by atoms with Gasteiger partial charge in [-0.05, 0) is 37.1 Å². The van der Waals surface area contributed by atoms with E-state index in [1.54, 1.807) is 12.0 Å². The van der Waals surface area contributed by atoms with Crippen LogP contribution in [0.3, 0.4) is 0 Å². The molecule has 1 aromatic carbocycles. The molecule has 1 N–H and O–H groups in total. The Bertz CT molecular complexity index is 913. The standard InChI is InChI=1S/C16H16F3N5O3/c1-8-6-11(13-20-10(3)27-24-13)7-9(2)12(8)25-4-5-26-15-21-14(22-23-15)16(17,18)19/h6-7H,4-5H2,1-3H3,(H,21,22,23). The van der Waals surface area contributed by atoms with Gasteiger partial charge in [0.2, 0.25) is 17.5 Å². The first-order valence-corrected chi connectivity index (χ1v) is 7.91. The van der Waals surface area contributed by atoms with E-state index in [-0.39, 0.29) is 19.2 Å². The molecule has 2 aromatic heterocycles. The minimum Gasteiger partial charge on any atom is -0.489 e. The van der Waals surface area contributed by atoms with Crippen LogP contribution in [0.1, 0.15) is 22.8 Å². The van der Waals surface area contributed by atoms with Crippen LogP contribution < -0.4 is 9.47 Å². The van der Waals surface area contributed by atoms with Crippen LogP contribution in [0.25, 0.3) is 11.4 Å². The predicted octanol–water partition coefficient (Wildman–Crippen LogP) is 3.26. The van der Waals surface area contributed by atoms with Crippen molar-refractivity contribution in [2.75, 3.05) is 13.2 Å². The molecule has 3 aromatic rings. The van der Waals surface area contributed by atoms with E-state index in [4.69, 9.17) is 14.0 Å². The normalized spacial score (nSPS) is 11.6. The number of rotatable bonds is 6. The van der Waals surface area contributed by atoms with Crippen LogP contribution >= 0.6 is 0 Å². The van der Waals surface area contributed by atoms with Crippen molar-refractivity contribution >= 4 is 0 Å². The summed E-state index contributed by atoms with van der Waals surface area (Å²) in [6.45, 7) is 5.53. The second kappa shape index (κ2) is 7.25. The molecule has 0 aliphatic heterocycles. The second-order valence-electron chi connectivity index (χ2n) is 5.74. The molecule has 0 fully saturated rings. The largest absolute Gasteiger partial charge is 0.489 e. The van der Waals surface area contributed by atoms with Gasteiger partial charge in [-0.1, -0.05) is 5.16 Å². The van der Waals surface area contributed by atoms with E-state index < -0.39 is 12.0 Å². The van der Waals surface area contributed by atoms with Crippen molar-refractivity contribution in [2.24, 2.45) is 0 Å². The van der Waals surface area contributed by atoms with Gasteiger partial charge < -0.3 is 14.0 Å². The highest BCUT2D eigenvalue weighted by Gasteiger charge is 2.35. The third kappa shape index (κ3) is 4.36. The zero-order chi connectivity index (χ0) is 19.6. The summed E-state index contributed by atoms with van der Waals surface area (Å²) in [5.74, 6) is 0.392. The lowest BCUT2D eigenvalue weighted by Gasteiger charge is -2.13. The van der Waals surface area contributed by atoms with Gasteiger partial charge in [-0.25, -0.2) is 0 Å². The van der Waals surface area contributed by atoms with Gasteiger partial charge in [-0.3, -0.25) is 5.10 Å². The topological polar surface area (TPSA) is 99.0 Å². The van der Waals surface area contributed by atoms with Crippen LogP contribution in [0.2, 0.25) is 0 Å². The first-order chi connectivity index (χ1) is 12.7. The molecule has 0 atom stereocenters. The molecule has 0 unspecified atom stereocenters. The van der Waals surface area contributed by atoms with Crippen LogP contribution in [0.4, 0.5) is 13.2 Å². The van der Waals surface area contributed by atoms with E-state index in [9.17, 15) is 13.2 Å². The van der Waals surface area contributed by atoms with Crippen molar-refractivity contribution in [2.45, 2.75) is 26.9 Å². The number of benzene rings is 1. The Labute approximate surface area is 151 Å². The molecule has 0 saturated heterocycles. The predicted molar refractivity (Wildman–Crippen MR) is 86.3 cm³/mol. The van der Waals surface area contributed by atoms with Crippen LogP contribution in [-0.2, 0) is 6.18 Å². The molecule has 0 radical (unpaired) electrons. The maximum absolute atomic E-state index is 12.4. The van der Waals surface area contributed by atoms with Crippen molar-refractivity contribution in [3.05, 3.63) is 35.0 Å². The molecule has 0 spiro atoms. The maximum Gasteiger partial charge on any atom is 0.451 e. The minimum atomic E-state index is -4.60. The molecule has 144 valence electrons. The van der Waals surface area contributed by atoms with Gasteiger partial charge in [-0.15, -0.1) is 5.10 Å². The molecule has 0 saturated carbocycles. The first-order valence-electron chi connectivity index (χ1n) is 7.91. The molecule has 27 heavy (non-hydrogen) atoms. The maximum atomic E-state index is 12.4. The first kappa shape index (κ1) is 18.7. The number of ether oxygens (including phenoxy) is 2. The number of aromatic amines is 1. The number of nitrogens with one attached hydrogen (secondary N) is 1. The summed E-state index contributed by atoms with van der Waals surface area (Å²) in [6.07, 6.45) is -4.60. The number of halogens is 3. The van der Waals surface area contributed by atoms with Gasteiger partial charge in [0.05, 0.1) is 0 Å². The van der Waals surface area contributed by atoms with E-state index in [0.29, 0.717) is 17.5 Å². The van der Waals surface area contributed by atoms with Crippen molar-refractivity contribution in [1.82, 2.24) is 25.3 Å². The van der Waals surface area contributed by atoms with Crippen molar-refractivity contribution in [3.8, 4) is 23.1 Å². The summed E-state index contributed by atoms with van der Waals surface area (Å²) in [4.78, 5) is 7.40. The van der Waals surface area contributed by atoms with Crippen LogP contribution in [-0.4, -0.2) is 38.5 Å². The number of aromatic nitrogens is 5. The zero-order valence-corrected chi connectivity index (χ0v) is 14.7. The van der Waals surface area contributed by atoms with Gasteiger partial charge in [0, 0.05) is 12.5 Å². The van der Waals surface area contributed by atoms with Gasteiger partial charge in [0.25, 0.3) is 0 Å². The van der Waals surface area contributed by atoms with E-state index in [0.717, 1.165) is 16.7 Å². The molecule has 2 heterocycles. The van der Waals surface area contributed by atoms with Crippen molar-refractivity contribution in [3.63, 3.8) is 0 Å². The number of aryl methyl sites for hydroxylation is 3. The van der Waals surface area contributed by atoms with Crippen LogP contribution in [0.5, 0.6) is 11.8 Å². The molecule has 3 rings (SSSR count). The summed E-state index contributed by atoms with van der Waals surface area (Å²) in [7, 11) is 0. The minimum absolute atomic E-state index is 0.0141. The number of hydrogen-bond acceptors (Lipinski definition) is 7. The summed E-state index contributed by atoms with van der Waals surface area (Å²) in [5, 5.41) is 9.01. The van der Waals surface area contributed by atoms with Gasteiger partial charge in [-0.2, -0.15) is 23.1 Å². The van der Waals surface area contributed by atoms with Gasteiger partial charge >= 0.3 is 12.2 Å². The Kier molecular flexibility index (Phi) is 5.02. The zero-order valence-electron chi connectivity index (χ0n) is 14.7. The molecule has 0 aliphatic rings. The number of alkyl halides is 3. The van der Waals surface area contributed by atoms with E-state index in [1.165, 1.54) is 0 Å². The summed E-state index contributed by atoms with van der Waals surface area (Å²) < 4.78 is 53.0. The average Bonchev–Trinajstić information content (AvgIpc) is 3.22. The smallest absolute Gasteiger partial charge is 0.451 e. The fourth-order valence-corrected chi connectivity index (χ4v) is 2.44. The molecule has 11 heteroatoms. The van der Waals surface area contributed by atoms with Crippen LogP contribution in [0.15, 0.2) is 16.7 Å². The Morgan fingerprint density at radius 1 is 1.04 bits per heavy atom. The van der Waals surface area contributed by atoms with Gasteiger partial charge in [0.15, 0.2) is 0 Å². The number of nitrogens with zero attached hydrogens (tertiary/aromatic N) is 4. The highest BCUT2D eigenvalue weighted by atomic mass is 19.4. The Morgan fingerprint density at radius 3 is 2.26 bits per heavy atom. The molecule has 0 amide bonds. The fraction of sp³-hybridized carbons (Fsp3) is 0.375. The molecule has 8 nitrogen and oxygen atoms in total. The third-order valence-corrected chi connectivity index (χ3v) is 3.54. The van der Waals surface area contributed by atoms with Gasteiger partial charge in [0.1, 0.15) is 19.0 Å². The highest BCUT2D eigenvalue weighted by Crippen LogP contribution is 2.29. The molecule has 0 bridgehead atoms. The lowest BCUT2D eigenvalue weighted by Crippen LogP contribution is -2.11. The number of hydrogen-bond donors (Lipinski definition) is 1. The highest BCUT2D eigenvalue weighted by molar-refractivity contribution is 5.60. The molecular formula is C16H16F3N5O3. The second-order valence-corrected chi connectivity index (χ2v) is 5.74. The quantitative estimate of drug-likeness (QED) is 0.652. The SMILES string of the molecule is Cc1nc(-c2cc(C)c(OCCOc3n[nH]c(C(F)(F)F)n3)c(C)c2)no1. The fourth-order valence-electron chi connectivity index (χ4n) is 2.44. The van der Waals surface area contributed by atoms with E-state index in [1.807, 2.05) is 26.0 Å². The summed E-state index contributed by atoms with van der Waals surface area (Å²) in [5.41, 5.74) is 2.50. The van der Waals surface area contributed by atoms with Crippen molar-refractivity contribution < 1.29 is 27.2 Å². The third-order valence-electron chi connectivity index (χ3n) is 3.54. The lowest BCUT2D eigenvalue weighted by atomic mass is 10.1. The molecular weight excluding hydrogens is 367 g/mol. The van der Waals surface area contributed by atoms with Crippen LogP contribution in [0, 0.1) is 20.8 Å². The van der Waals surface area contributed by atoms with Crippen molar-refractivity contribution in [1.29, 1.82) is 0 Å². The van der Waals surface area contributed by atoms with E-state index in [2.05, 4.69) is 20.2 Å². The summed E-state index contributed by atoms with van der Waals surface area (Å²) in [6, 6.07) is 3.33. The monoisotopic (exact) mass is 383 g/mol. The Hall–Kier alpha value is -3.11.